The average molecular weight is 311 g/mol. The third-order valence-corrected chi connectivity index (χ3v) is 3.49. The first kappa shape index (κ1) is 17.3. The molecule has 1 rings (SSSR count). The van der Waals surface area contributed by atoms with Crippen molar-refractivity contribution in [1.29, 1.82) is 0 Å². The largest absolute Gasteiger partial charge is 0.416 e. The Bertz CT molecular complexity index is 448. The van der Waals surface area contributed by atoms with Gasteiger partial charge in [0.1, 0.15) is 5.82 Å². The summed E-state index contributed by atoms with van der Waals surface area (Å²) in [7, 11) is 0. The second-order valence-electron chi connectivity index (χ2n) is 4.88. The number of nitrogens with one attached hydrogen (secondary N) is 1. The summed E-state index contributed by atoms with van der Waals surface area (Å²) in [6.07, 6.45) is -2.72. The van der Waals surface area contributed by atoms with Crippen LogP contribution in [-0.4, -0.2) is 29.3 Å². The van der Waals surface area contributed by atoms with Crippen molar-refractivity contribution in [3.63, 3.8) is 0 Å². The van der Waals surface area contributed by atoms with E-state index < -0.39 is 23.2 Å². The minimum Gasteiger partial charge on any atom is -0.388 e. The van der Waals surface area contributed by atoms with Crippen molar-refractivity contribution in [2.75, 3.05) is 18.6 Å². The number of aliphatic hydroxyl groups is 1. The Morgan fingerprint density at radius 1 is 1.25 bits per heavy atom. The number of halogens is 4. The van der Waals surface area contributed by atoms with Gasteiger partial charge in [-0.3, -0.25) is 0 Å². The maximum absolute atomic E-state index is 13.2. The molecule has 0 amide bonds. The molecule has 2 nitrogen and oxygen atoms in total. The minimum atomic E-state index is -4.57. The molecule has 20 heavy (non-hydrogen) atoms. The van der Waals surface area contributed by atoms with Crippen LogP contribution in [0.2, 0.25) is 0 Å². The number of thioether (sulfide) groups is 1. The Hall–Kier alpha value is -0.790. The van der Waals surface area contributed by atoms with E-state index in [9.17, 15) is 22.7 Å². The SMILES string of the molecule is CSCC(C)(O)CNCc1cc(F)cc(C(F)(F)F)c1. The van der Waals surface area contributed by atoms with Crippen LogP contribution < -0.4 is 5.32 Å². The lowest BCUT2D eigenvalue weighted by molar-refractivity contribution is -0.137. The summed E-state index contributed by atoms with van der Waals surface area (Å²) in [6.45, 7) is 1.90. The smallest absolute Gasteiger partial charge is 0.388 e. The highest BCUT2D eigenvalue weighted by Crippen LogP contribution is 2.30. The Morgan fingerprint density at radius 2 is 1.90 bits per heavy atom. The molecule has 0 spiro atoms. The van der Waals surface area contributed by atoms with Gasteiger partial charge in [0, 0.05) is 18.8 Å². The molecule has 0 aliphatic heterocycles. The van der Waals surface area contributed by atoms with Crippen LogP contribution in [0.5, 0.6) is 0 Å². The molecule has 0 bridgehead atoms. The fourth-order valence-corrected chi connectivity index (χ4v) is 2.48. The van der Waals surface area contributed by atoms with Gasteiger partial charge in [-0.2, -0.15) is 24.9 Å². The van der Waals surface area contributed by atoms with Crippen molar-refractivity contribution >= 4 is 11.8 Å². The molecule has 1 aromatic rings. The van der Waals surface area contributed by atoms with Crippen LogP contribution in [0.3, 0.4) is 0 Å². The van der Waals surface area contributed by atoms with E-state index in [1.54, 1.807) is 6.92 Å². The van der Waals surface area contributed by atoms with Gasteiger partial charge < -0.3 is 10.4 Å². The second-order valence-corrected chi connectivity index (χ2v) is 5.75. The predicted molar refractivity (Wildman–Crippen MR) is 72.1 cm³/mol. The highest BCUT2D eigenvalue weighted by atomic mass is 32.2. The lowest BCUT2D eigenvalue weighted by Gasteiger charge is -2.22. The van der Waals surface area contributed by atoms with Crippen molar-refractivity contribution in [3.8, 4) is 0 Å². The Morgan fingerprint density at radius 3 is 2.45 bits per heavy atom. The van der Waals surface area contributed by atoms with Crippen LogP contribution >= 0.6 is 11.8 Å². The molecule has 1 unspecified atom stereocenters. The maximum Gasteiger partial charge on any atom is 0.416 e. The Labute approximate surface area is 119 Å². The summed E-state index contributed by atoms with van der Waals surface area (Å²) < 4.78 is 50.7. The molecule has 0 saturated heterocycles. The molecule has 1 atom stereocenters. The first-order valence-corrected chi connectivity index (χ1v) is 7.32. The molecule has 0 heterocycles. The highest BCUT2D eigenvalue weighted by Gasteiger charge is 2.31. The molecule has 7 heteroatoms. The predicted octanol–water partition coefficient (Wildman–Crippen LogP) is 3.05. The van der Waals surface area contributed by atoms with Crippen molar-refractivity contribution in [3.05, 3.63) is 35.1 Å². The fourth-order valence-electron chi connectivity index (χ4n) is 1.75. The number of hydrogen-bond acceptors (Lipinski definition) is 3. The molecular weight excluding hydrogens is 294 g/mol. The van der Waals surface area contributed by atoms with Gasteiger partial charge in [-0.15, -0.1) is 0 Å². The standard InChI is InChI=1S/C13H17F4NOS/c1-12(19,8-20-2)7-18-6-9-3-10(13(15,16)17)5-11(14)4-9/h3-5,18-19H,6-8H2,1-2H3. The molecule has 0 saturated carbocycles. The summed E-state index contributed by atoms with van der Waals surface area (Å²) in [6, 6.07) is 2.41. The van der Waals surface area contributed by atoms with Gasteiger partial charge in [0.2, 0.25) is 0 Å². The molecule has 0 aliphatic rings. The van der Waals surface area contributed by atoms with Gasteiger partial charge in [-0.05, 0) is 36.9 Å². The second kappa shape index (κ2) is 6.78. The zero-order valence-electron chi connectivity index (χ0n) is 11.2. The molecule has 1 aromatic carbocycles. The van der Waals surface area contributed by atoms with E-state index in [0.29, 0.717) is 11.8 Å². The first-order chi connectivity index (χ1) is 9.14. The zero-order valence-corrected chi connectivity index (χ0v) is 12.0. The number of benzene rings is 1. The van der Waals surface area contributed by atoms with E-state index in [2.05, 4.69) is 5.32 Å². The zero-order chi connectivity index (χ0) is 15.4. The molecule has 114 valence electrons. The number of rotatable bonds is 6. The van der Waals surface area contributed by atoms with Crippen molar-refractivity contribution in [2.45, 2.75) is 25.2 Å². The van der Waals surface area contributed by atoms with Crippen molar-refractivity contribution < 1.29 is 22.7 Å². The van der Waals surface area contributed by atoms with Gasteiger partial charge in [-0.1, -0.05) is 0 Å². The number of hydrogen-bond donors (Lipinski definition) is 2. The van der Waals surface area contributed by atoms with Crippen LogP contribution in [0, 0.1) is 5.82 Å². The van der Waals surface area contributed by atoms with Crippen molar-refractivity contribution in [1.82, 2.24) is 5.32 Å². The Balaban J connectivity index is 2.67. The van der Waals surface area contributed by atoms with Crippen molar-refractivity contribution in [2.24, 2.45) is 0 Å². The van der Waals surface area contributed by atoms with Gasteiger partial charge in [-0.25, -0.2) is 4.39 Å². The molecule has 2 N–H and O–H groups in total. The summed E-state index contributed by atoms with van der Waals surface area (Å²) in [5, 5.41) is 12.7. The van der Waals surface area contributed by atoms with E-state index in [1.807, 2.05) is 6.26 Å². The van der Waals surface area contributed by atoms with Crippen LogP contribution in [-0.2, 0) is 12.7 Å². The minimum absolute atomic E-state index is 0.0609. The topological polar surface area (TPSA) is 32.3 Å². The fraction of sp³-hybridized carbons (Fsp3) is 0.538. The van der Waals surface area contributed by atoms with Crippen LogP contribution in [0.25, 0.3) is 0 Å². The number of alkyl halides is 3. The monoisotopic (exact) mass is 311 g/mol. The van der Waals surface area contributed by atoms with Crippen LogP contribution in [0.4, 0.5) is 17.6 Å². The van der Waals surface area contributed by atoms with E-state index in [1.165, 1.54) is 11.8 Å². The molecule has 0 fully saturated rings. The van der Waals surface area contributed by atoms with Gasteiger partial charge in [0.05, 0.1) is 11.2 Å². The summed E-state index contributed by atoms with van der Waals surface area (Å²) in [4.78, 5) is 0. The normalized spacial score (nSPS) is 15.2. The molecule has 0 aromatic heterocycles. The van der Waals surface area contributed by atoms with Gasteiger partial charge >= 0.3 is 6.18 Å². The highest BCUT2D eigenvalue weighted by molar-refractivity contribution is 7.98. The van der Waals surface area contributed by atoms with E-state index >= 15 is 0 Å². The van der Waals surface area contributed by atoms with Gasteiger partial charge in [0.15, 0.2) is 0 Å². The van der Waals surface area contributed by atoms with Gasteiger partial charge in [0.25, 0.3) is 0 Å². The molecule has 0 aliphatic carbocycles. The lowest BCUT2D eigenvalue weighted by atomic mass is 10.1. The molecular formula is C13H17F4NOS. The average Bonchev–Trinajstić information content (AvgIpc) is 2.26. The summed E-state index contributed by atoms with van der Waals surface area (Å²) in [5.41, 5.74) is -1.78. The van der Waals surface area contributed by atoms with E-state index in [4.69, 9.17) is 0 Å². The first-order valence-electron chi connectivity index (χ1n) is 5.93. The Kier molecular flexibility index (Phi) is 5.85. The lowest BCUT2D eigenvalue weighted by Crippen LogP contribution is -2.39. The summed E-state index contributed by atoms with van der Waals surface area (Å²) in [5.74, 6) is -0.427. The van der Waals surface area contributed by atoms with E-state index in [-0.39, 0.29) is 18.7 Å². The third-order valence-electron chi connectivity index (χ3n) is 2.58. The van der Waals surface area contributed by atoms with Crippen LogP contribution in [0.15, 0.2) is 18.2 Å². The molecule has 0 radical (unpaired) electrons. The third kappa shape index (κ3) is 5.68. The summed E-state index contributed by atoms with van der Waals surface area (Å²) >= 11 is 1.46. The van der Waals surface area contributed by atoms with E-state index in [0.717, 1.165) is 12.1 Å². The van der Waals surface area contributed by atoms with Crippen LogP contribution in [0.1, 0.15) is 18.1 Å². The quantitative estimate of drug-likeness (QED) is 0.792. The maximum atomic E-state index is 13.2.